The van der Waals surface area contributed by atoms with Crippen LogP contribution in [0.4, 0.5) is 11.4 Å². The van der Waals surface area contributed by atoms with Gasteiger partial charge in [-0.3, -0.25) is 10.1 Å². The van der Waals surface area contributed by atoms with Crippen molar-refractivity contribution >= 4 is 45.7 Å². The Balaban J connectivity index is 2.44. The molecule has 0 aromatic heterocycles. The van der Waals surface area contributed by atoms with E-state index in [9.17, 15) is 10.1 Å². The zero-order valence-corrected chi connectivity index (χ0v) is 12.7. The zero-order chi connectivity index (χ0) is 13.4. The molecule has 1 aromatic carbocycles. The Morgan fingerprint density at radius 2 is 2.22 bits per heavy atom. The molecule has 0 aliphatic heterocycles. The molecule has 0 fully saturated rings. The molecule has 5 nitrogen and oxygen atoms in total. The van der Waals surface area contributed by atoms with Gasteiger partial charge in [0.25, 0.3) is 5.69 Å². The Labute approximate surface area is 124 Å². The third kappa shape index (κ3) is 5.40. The van der Waals surface area contributed by atoms with E-state index in [1.807, 2.05) is 6.07 Å². The first-order chi connectivity index (χ1) is 8.65. The fraction of sp³-hybridized carbons (Fsp3) is 0.455. The van der Waals surface area contributed by atoms with Gasteiger partial charge in [0.1, 0.15) is 5.69 Å². The Hall–Kier alpha value is -0.540. The van der Waals surface area contributed by atoms with Crippen LogP contribution in [-0.2, 0) is 0 Å². The number of nitro groups is 1. The number of halogens is 1. The van der Waals surface area contributed by atoms with Crippen LogP contribution in [-0.4, -0.2) is 34.7 Å². The van der Waals surface area contributed by atoms with Gasteiger partial charge in [0.2, 0.25) is 0 Å². The molecule has 1 aromatic rings. The normalized spacial score (nSPS) is 10.3. The van der Waals surface area contributed by atoms with Crippen molar-refractivity contribution in [2.45, 2.75) is 6.42 Å². The number of aliphatic hydroxyl groups excluding tert-OH is 1. The van der Waals surface area contributed by atoms with Gasteiger partial charge < -0.3 is 10.4 Å². The molecule has 7 heteroatoms. The lowest BCUT2D eigenvalue weighted by Gasteiger charge is -2.07. The Morgan fingerprint density at radius 1 is 1.44 bits per heavy atom. The topological polar surface area (TPSA) is 75.4 Å². The van der Waals surface area contributed by atoms with Gasteiger partial charge in [-0.05, 0) is 46.9 Å². The number of nitro benzene ring substituents is 1. The van der Waals surface area contributed by atoms with Gasteiger partial charge in [-0.2, -0.15) is 11.8 Å². The van der Waals surface area contributed by atoms with Crippen molar-refractivity contribution in [3.8, 4) is 0 Å². The summed E-state index contributed by atoms with van der Waals surface area (Å²) >= 11 is 3.78. The van der Waals surface area contributed by atoms with Crippen LogP contribution in [0.5, 0.6) is 0 Å². The van der Waals surface area contributed by atoms with Crippen molar-refractivity contribution in [3.05, 3.63) is 31.9 Å². The molecule has 1 rings (SSSR count). The average Bonchev–Trinajstić information content (AvgIpc) is 2.35. The van der Waals surface area contributed by atoms with Crippen LogP contribution >= 0.6 is 34.4 Å². The van der Waals surface area contributed by atoms with Crippen LogP contribution in [0, 0.1) is 13.7 Å². The first-order valence-corrected chi connectivity index (χ1v) is 7.75. The highest BCUT2D eigenvalue weighted by atomic mass is 127. The Morgan fingerprint density at radius 3 is 2.89 bits per heavy atom. The number of benzene rings is 1. The SMILES string of the molecule is O=[N+]([O-])c1cc(I)ccc1NCCSCCCO. The molecule has 18 heavy (non-hydrogen) atoms. The van der Waals surface area contributed by atoms with Gasteiger partial charge in [-0.15, -0.1) is 0 Å². The lowest BCUT2D eigenvalue weighted by Crippen LogP contribution is -2.07. The minimum Gasteiger partial charge on any atom is -0.396 e. The number of anilines is 1. The Kier molecular flexibility index (Phi) is 7.36. The van der Waals surface area contributed by atoms with Crippen LogP contribution in [0.25, 0.3) is 0 Å². The highest BCUT2D eigenvalue weighted by Gasteiger charge is 2.13. The van der Waals surface area contributed by atoms with E-state index in [0.29, 0.717) is 12.2 Å². The third-order valence-corrected chi connectivity index (χ3v) is 3.91. The molecule has 0 radical (unpaired) electrons. The average molecular weight is 382 g/mol. The summed E-state index contributed by atoms with van der Waals surface area (Å²) in [5, 5.41) is 22.6. The number of hydrogen-bond acceptors (Lipinski definition) is 5. The number of nitrogens with one attached hydrogen (secondary N) is 1. The molecular weight excluding hydrogens is 367 g/mol. The number of hydrogen-bond donors (Lipinski definition) is 2. The summed E-state index contributed by atoms with van der Waals surface area (Å²) in [4.78, 5) is 10.5. The fourth-order valence-electron chi connectivity index (χ4n) is 1.33. The molecule has 0 bridgehead atoms. The highest BCUT2D eigenvalue weighted by molar-refractivity contribution is 14.1. The van der Waals surface area contributed by atoms with Gasteiger partial charge in [-0.25, -0.2) is 0 Å². The second-order valence-corrected chi connectivity index (χ2v) is 6.01. The molecule has 0 aliphatic rings. The number of aliphatic hydroxyl groups is 1. The quantitative estimate of drug-likeness (QED) is 0.313. The van der Waals surface area contributed by atoms with Crippen LogP contribution in [0.1, 0.15) is 6.42 Å². The van der Waals surface area contributed by atoms with Gasteiger partial charge in [-0.1, -0.05) is 0 Å². The predicted octanol–water partition coefficient (Wildman–Crippen LogP) is 2.73. The molecule has 0 spiro atoms. The van der Waals surface area contributed by atoms with E-state index in [-0.39, 0.29) is 17.2 Å². The largest absolute Gasteiger partial charge is 0.396 e. The molecule has 0 heterocycles. The molecule has 0 amide bonds. The monoisotopic (exact) mass is 382 g/mol. The van der Waals surface area contributed by atoms with Crippen molar-refractivity contribution in [2.75, 3.05) is 30.0 Å². The third-order valence-electron chi connectivity index (χ3n) is 2.17. The Bertz CT molecular complexity index is 404. The maximum Gasteiger partial charge on any atom is 0.293 e. The fourth-order valence-corrected chi connectivity index (χ4v) is 2.59. The molecule has 0 saturated heterocycles. The smallest absolute Gasteiger partial charge is 0.293 e. The molecule has 100 valence electrons. The van der Waals surface area contributed by atoms with Gasteiger partial charge in [0.15, 0.2) is 0 Å². The van der Waals surface area contributed by atoms with E-state index >= 15 is 0 Å². The van der Waals surface area contributed by atoms with Crippen LogP contribution < -0.4 is 5.32 Å². The second-order valence-electron chi connectivity index (χ2n) is 3.53. The molecule has 0 unspecified atom stereocenters. The lowest BCUT2D eigenvalue weighted by molar-refractivity contribution is -0.384. The van der Waals surface area contributed by atoms with Crippen LogP contribution in [0.3, 0.4) is 0 Å². The van der Waals surface area contributed by atoms with E-state index in [4.69, 9.17) is 5.11 Å². The van der Waals surface area contributed by atoms with E-state index in [1.54, 1.807) is 23.9 Å². The van der Waals surface area contributed by atoms with E-state index in [0.717, 1.165) is 21.5 Å². The number of nitrogens with zero attached hydrogens (tertiary/aromatic N) is 1. The van der Waals surface area contributed by atoms with E-state index in [1.165, 1.54) is 0 Å². The summed E-state index contributed by atoms with van der Waals surface area (Å²) in [5.41, 5.74) is 0.672. The summed E-state index contributed by atoms with van der Waals surface area (Å²) in [6.07, 6.45) is 0.786. The van der Waals surface area contributed by atoms with Crippen LogP contribution in [0.2, 0.25) is 0 Å². The van der Waals surface area contributed by atoms with Crippen molar-refractivity contribution in [1.29, 1.82) is 0 Å². The lowest BCUT2D eigenvalue weighted by atomic mass is 10.2. The standard InChI is InChI=1S/C11H15IN2O3S/c12-9-2-3-10(11(8-9)14(16)17)13-4-7-18-6-1-5-15/h2-3,8,13,15H,1,4-7H2. The van der Waals surface area contributed by atoms with Gasteiger partial charge >= 0.3 is 0 Å². The summed E-state index contributed by atoms with van der Waals surface area (Å²) in [7, 11) is 0. The van der Waals surface area contributed by atoms with Crippen molar-refractivity contribution in [3.63, 3.8) is 0 Å². The maximum atomic E-state index is 10.9. The minimum absolute atomic E-state index is 0.113. The molecule has 0 atom stereocenters. The molecular formula is C11H15IN2O3S. The summed E-state index contributed by atoms with van der Waals surface area (Å²) in [6, 6.07) is 5.13. The first kappa shape index (κ1) is 15.5. The van der Waals surface area contributed by atoms with E-state index in [2.05, 4.69) is 27.9 Å². The zero-order valence-electron chi connectivity index (χ0n) is 9.76. The van der Waals surface area contributed by atoms with Gasteiger partial charge in [0.05, 0.1) is 4.92 Å². The first-order valence-electron chi connectivity index (χ1n) is 5.51. The van der Waals surface area contributed by atoms with Gasteiger partial charge in [0, 0.05) is 28.5 Å². The van der Waals surface area contributed by atoms with Crippen molar-refractivity contribution < 1.29 is 10.0 Å². The molecule has 2 N–H and O–H groups in total. The minimum atomic E-state index is -0.372. The number of thioether (sulfide) groups is 1. The predicted molar refractivity (Wildman–Crippen MR) is 83.3 cm³/mol. The second kappa shape index (κ2) is 8.54. The summed E-state index contributed by atoms with van der Waals surface area (Å²) < 4.78 is 0.849. The number of rotatable bonds is 8. The van der Waals surface area contributed by atoms with E-state index < -0.39 is 0 Å². The summed E-state index contributed by atoms with van der Waals surface area (Å²) in [5.74, 6) is 1.77. The summed E-state index contributed by atoms with van der Waals surface area (Å²) in [6.45, 7) is 0.889. The maximum absolute atomic E-state index is 10.9. The highest BCUT2D eigenvalue weighted by Crippen LogP contribution is 2.26. The van der Waals surface area contributed by atoms with Crippen molar-refractivity contribution in [2.24, 2.45) is 0 Å². The van der Waals surface area contributed by atoms with Crippen LogP contribution in [0.15, 0.2) is 18.2 Å². The molecule has 0 saturated carbocycles. The van der Waals surface area contributed by atoms with Crippen molar-refractivity contribution in [1.82, 2.24) is 0 Å². The molecule has 0 aliphatic carbocycles.